The van der Waals surface area contributed by atoms with Crippen LogP contribution in [0.4, 0.5) is 0 Å². The van der Waals surface area contributed by atoms with Gasteiger partial charge in [0.25, 0.3) is 0 Å². The van der Waals surface area contributed by atoms with Crippen LogP contribution in [-0.2, 0) is 21.1 Å². The second-order valence-electron chi connectivity index (χ2n) is 6.34. The molecule has 4 nitrogen and oxygen atoms in total. The molecule has 0 N–H and O–H groups in total. The van der Waals surface area contributed by atoms with Gasteiger partial charge in [-0.25, -0.2) is 8.42 Å². The molecule has 1 aliphatic heterocycles. The lowest BCUT2D eigenvalue weighted by atomic mass is 10.1. The smallest absolute Gasteiger partial charge is 0.222 e. The molecule has 0 unspecified atom stereocenters. The number of hydrogen-bond donors (Lipinski definition) is 0. The fraction of sp³-hybridized carbons (Fsp3) is 0.562. The standard InChI is InChI=1S/C16H21Cl2NO3S/c1-11(2)10-23(21,22)12-8-19(9-12)16(20)7-6-13-14(17)4-3-5-15(13)18/h3-5,11-12H,6-10H2,1-2H3. The van der Waals surface area contributed by atoms with Crippen molar-refractivity contribution < 1.29 is 13.2 Å². The Bertz CT molecular complexity index is 662. The van der Waals surface area contributed by atoms with E-state index in [9.17, 15) is 13.2 Å². The first-order valence-electron chi connectivity index (χ1n) is 7.63. The highest BCUT2D eigenvalue weighted by atomic mass is 35.5. The van der Waals surface area contributed by atoms with Crippen molar-refractivity contribution in [2.75, 3.05) is 18.8 Å². The van der Waals surface area contributed by atoms with Crippen LogP contribution in [0.5, 0.6) is 0 Å². The number of halogens is 2. The predicted molar refractivity (Wildman–Crippen MR) is 93.8 cm³/mol. The molecule has 1 fully saturated rings. The maximum Gasteiger partial charge on any atom is 0.222 e. The Hall–Kier alpha value is -0.780. The van der Waals surface area contributed by atoms with Crippen molar-refractivity contribution in [3.63, 3.8) is 0 Å². The number of carbonyl (C=O) groups excluding carboxylic acids is 1. The molecule has 23 heavy (non-hydrogen) atoms. The molecule has 1 heterocycles. The number of benzene rings is 1. The zero-order valence-corrected chi connectivity index (χ0v) is 15.6. The molecule has 1 saturated heterocycles. The first kappa shape index (κ1) is 18.6. The van der Waals surface area contributed by atoms with Crippen LogP contribution in [0.2, 0.25) is 10.0 Å². The fourth-order valence-electron chi connectivity index (χ4n) is 2.63. The normalized spacial score (nSPS) is 15.8. The van der Waals surface area contributed by atoms with E-state index in [1.54, 1.807) is 23.1 Å². The number of rotatable bonds is 6. The van der Waals surface area contributed by atoms with Crippen LogP contribution in [0.15, 0.2) is 18.2 Å². The Morgan fingerprint density at radius 1 is 1.26 bits per heavy atom. The summed E-state index contributed by atoms with van der Waals surface area (Å²) in [4.78, 5) is 13.8. The van der Waals surface area contributed by atoms with Crippen LogP contribution in [0.1, 0.15) is 25.8 Å². The lowest BCUT2D eigenvalue weighted by Crippen LogP contribution is -2.57. The molecule has 1 aromatic carbocycles. The van der Waals surface area contributed by atoms with E-state index in [1.807, 2.05) is 13.8 Å². The Morgan fingerprint density at radius 2 is 1.83 bits per heavy atom. The number of amides is 1. The molecule has 1 aliphatic rings. The molecule has 7 heteroatoms. The summed E-state index contributed by atoms with van der Waals surface area (Å²) in [5, 5.41) is 0.676. The van der Waals surface area contributed by atoms with Gasteiger partial charge in [0, 0.05) is 29.6 Å². The van der Waals surface area contributed by atoms with Gasteiger partial charge < -0.3 is 4.90 Å². The van der Waals surface area contributed by atoms with Gasteiger partial charge in [0.05, 0.1) is 11.0 Å². The van der Waals surface area contributed by atoms with E-state index in [2.05, 4.69) is 0 Å². The highest BCUT2D eigenvalue weighted by molar-refractivity contribution is 7.92. The third-order valence-corrected chi connectivity index (χ3v) is 7.08. The van der Waals surface area contributed by atoms with Crippen LogP contribution in [0.3, 0.4) is 0 Å². The van der Waals surface area contributed by atoms with E-state index in [4.69, 9.17) is 23.2 Å². The van der Waals surface area contributed by atoms with Gasteiger partial charge in [0.1, 0.15) is 0 Å². The van der Waals surface area contributed by atoms with Gasteiger partial charge in [-0.3, -0.25) is 4.79 Å². The predicted octanol–water partition coefficient (Wildman–Crippen LogP) is 3.21. The highest BCUT2D eigenvalue weighted by Crippen LogP contribution is 2.26. The van der Waals surface area contributed by atoms with E-state index in [0.717, 1.165) is 5.56 Å². The molecule has 0 aliphatic carbocycles. The fourth-order valence-corrected chi connectivity index (χ4v) is 5.23. The number of nitrogens with zero attached hydrogens (tertiary/aromatic N) is 1. The molecule has 0 radical (unpaired) electrons. The molecule has 2 rings (SSSR count). The third kappa shape index (κ3) is 4.61. The van der Waals surface area contributed by atoms with Crippen LogP contribution in [0, 0.1) is 5.92 Å². The summed E-state index contributed by atoms with van der Waals surface area (Å²) in [6, 6.07) is 5.24. The summed E-state index contributed by atoms with van der Waals surface area (Å²) in [6.07, 6.45) is 0.734. The molecule has 128 valence electrons. The van der Waals surface area contributed by atoms with Gasteiger partial charge in [-0.1, -0.05) is 43.1 Å². The minimum atomic E-state index is -3.11. The van der Waals surface area contributed by atoms with E-state index >= 15 is 0 Å². The quantitative estimate of drug-likeness (QED) is 0.764. The number of likely N-dealkylation sites (tertiary alicyclic amines) is 1. The SMILES string of the molecule is CC(C)CS(=O)(=O)C1CN(C(=O)CCc2c(Cl)cccc2Cl)C1. The zero-order valence-electron chi connectivity index (χ0n) is 13.3. The van der Waals surface area contributed by atoms with Gasteiger partial charge in [-0.2, -0.15) is 0 Å². The minimum absolute atomic E-state index is 0.0583. The van der Waals surface area contributed by atoms with E-state index in [1.165, 1.54) is 0 Å². The molecular weight excluding hydrogens is 357 g/mol. The Morgan fingerprint density at radius 3 is 2.35 bits per heavy atom. The van der Waals surface area contributed by atoms with Gasteiger partial charge in [0.15, 0.2) is 9.84 Å². The summed E-state index contributed by atoms with van der Waals surface area (Å²) >= 11 is 12.2. The summed E-state index contributed by atoms with van der Waals surface area (Å²) in [7, 11) is -3.11. The first-order valence-corrected chi connectivity index (χ1v) is 10.1. The summed E-state index contributed by atoms with van der Waals surface area (Å²) in [6.45, 7) is 4.35. The number of sulfone groups is 1. The third-order valence-electron chi connectivity index (χ3n) is 3.92. The molecule has 0 spiro atoms. The second-order valence-corrected chi connectivity index (χ2v) is 9.48. The van der Waals surface area contributed by atoms with Crippen molar-refractivity contribution in [2.24, 2.45) is 5.92 Å². The van der Waals surface area contributed by atoms with Gasteiger partial charge in [-0.15, -0.1) is 0 Å². The Labute approximate surface area is 147 Å². The molecular formula is C16H21Cl2NO3S. The molecule has 1 aromatic rings. The average molecular weight is 378 g/mol. The van der Waals surface area contributed by atoms with Gasteiger partial charge in [0.2, 0.25) is 5.91 Å². The van der Waals surface area contributed by atoms with Gasteiger partial charge in [-0.05, 0) is 30.0 Å². The zero-order chi connectivity index (χ0) is 17.2. The van der Waals surface area contributed by atoms with Crippen LogP contribution in [0.25, 0.3) is 0 Å². The maximum atomic E-state index is 12.2. The maximum absolute atomic E-state index is 12.2. The number of carbonyl (C=O) groups is 1. The second kappa shape index (κ2) is 7.41. The van der Waals surface area contributed by atoms with Crippen molar-refractivity contribution >= 4 is 38.9 Å². The van der Waals surface area contributed by atoms with Gasteiger partial charge >= 0.3 is 0 Å². The van der Waals surface area contributed by atoms with Crippen LogP contribution in [-0.4, -0.2) is 43.3 Å². The van der Waals surface area contributed by atoms with E-state index < -0.39 is 15.1 Å². The van der Waals surface area contributed by atoms with Crippen molar-refractivity contribution in [1.29, 1.82) is 0 Å². The van der Waals surface area contributed by atoms with Crippen LogP contribution >= 0.6 is 23.2 Å². The summed E-state index contributed by atoms with van der Waals surface area (Å²) < 4.78 is 24.2. The Kier molecular flexibility index (Phi) is 5.98. The van der Waals surface area contributed by atoms with Crippen molar-refractivity contribution in [2.45, 2.75) is 31.9 Å². The van der Waals surface area contributed by atoms with E-state index in [0.29, 0.717) is 29.6 Å². The molecule has 0 aromatic heterocycles. The topological polar surface area (TPSA) is 54.5 Å². The summed E-state index contributed by atoms with van der Waals surface area (Å²) in [5.74, 6) is 0.221. The lowest BCUT2D eigenvalue weighted by molar-refractivity contribution is -0.134. The van der Waals surface area contributed by atoms with Crippen LogP contribution < -0.4 is 0 Å². The summed E-state index contributed by atoms with van der Waals surface area (Å²) in [5.41, 5.74) is 0.758. The molecule has 0 saturated carbocycles. The lowest BCUT2D eigenvalue weighted by Gasteiger charge is -2.39. The molecule has 0 atom stereocenters. The molecule has 0 bridgehead atoms. The minimum Gasteiger partial charge on any atom is -0.340 e. The Balaban J connectivity index is 1.86. The first-order chi connectivity index (χ1) is 10.7. The van der Waals surface area contributed by atoms with Crippen molar-refractivity contribution in [3.8, 4) is 0 Å². The highest BCUT2D eigenvalue weighted by Gasteiger charge is 2.39. The molecule has 1 amide bonds. The average Bonchev–Trinajstić information content (AvgIpc) is 2.34. The van der Waals surface area contributed by atoms with E-state index in [-0.39, 0.29) is 24.0 Å². The number of hydrogen-bond acceptors (Lipinski definition) is 3. The van der Waals surface area contributed by atoms with Crippen molar-refractivity contribution in [1.82, 2.24) is 4.90 Å². The largest absolute Gasteiger partial charge is 0.340 e. The van der Waals surface area contributed by atoms with Crippen molar-refractivity contribution in [3.05, 3.63) is 33.8 Å². The monoisotopic (exact) mass is 377 g/mol.